The summed E-state index contributed by atoms with van der Waals surface area (Å²) >= 11 is 0. The largest absolute Gasteiger partial charge is 0.433 e. The Morgan fingerprint density at radius 2 is 1.89 bits per heavy atom. The van der Waals surface area contributed by atoms with Gasteiger partial charge >= 0.3 is 6.18 Å². The van der Waals surface area contributed by atoms with Gasteiger partial charge in [-0.1, -0.05) is 18.6 Å². The Hall–Kier alpha value is -3.16. The van der Waals surface area contributed by atoms with Gasteiger partial charge in [-0.25, -0.2) is 0 Å². The van der Waals surface area contributed by atoms with Crippen molar-refractivity contribution in [3.05, 3.63) is 53.8 Å². The summed E-state index contributed by atoms with van der Waals surface area (Å²) in [6.45, 7) is 3.55. The van der Waals surface area contributed by atoms with Crippen LogP contribution < -0.4 is 0 Å². The van der Waals surface area contributed by atoms with E-state index in [4.69, 9.17) is 4.52 Å². The lowest BCUT2D eigenvalue weighted by molar-refractivity contribution is -0.140. The first-order valence-electron chi connectivity index (χ1n) is 7.79. The maximum absolute atomic E-state index is 13.4. The van der Waals surface area contributed by atoms with Gasteiger partial charge in [-0.05, 0) is 37.6 Å². The van der Waals surface area contributed by atoms with Gasteiger partial charge in [0.25, 0.3) is 0 Å². The van der Waals surface area contributed by atoms with Crippen LogP contribution in [-0.4, -0.2) is 20.3 Å². The van der Waals surface area contributed by atoms with Gasteiger partial charge in [-0.3, -0.25) is 10.1 Å². The second kappa shape index (κ2) is 6.53. The highest BCUT2D eigenvalue weighted by atomic mass is 19.4. The topological polar surface area (TPSA) is 67.6 Å². The van der Waals surface area contributed by atoms with E-state index in [1.807, 2.05) is 6.07 Å². The van der Waals surface area contributed by atoms with Crippen molar-refractivity contribution in [1.29, 1.82) is 0 Å². The Morgan fingerprint density at radius 3 is 2.56 bits per heavy atom. The van der Waals surface area contributed by atoms with E-state index in [2.05, 4.69) is 20.3 Å². The van der Waals surface area contributed by atoms with Gasteiger partial charge in [0.05, 0.1) is 17.4 Å². The molecule has 140 valence electrons. The standard InChI is InChI=1S/C18H13F3N4O.CH4/c1-9-15(10(2)26-25-9)11-6-12-8-23-24-16(12)14(7-11)13-4-3-5-22-17(13)18(19,20)21;/h3-8H,1-2H3,(H,23,24);1H4. The minimum Gasteiger partial charge on any atom is -0.361 e. The normalized spacial score (nSPS) is 11.6. The van der Waals surface area contributed by atoms with E-state index in [9.17, 15) is 13.2 Å². The van der Waals surface area contributed by atoms with Crippen molar-refractivity contribution >= 4 is 10.9 Å². The molecule has 0 saturated carbocycles. The van der Waals surface area contributed by atoms with Crippen molar-refractivity contribution in [1.82, 2.24) is 20.3 Å². The number of pyridine rings is 1. The monoisotopic (exact) mass is 374 g/mol. The third-order valence-corrected chi connectivity index (χ3v) is 4.24. The number of nitrogens with one attached hydrogen (secondary N) is 1. The number of aromatic amines is 1. The predicted molar refractivity (Wildman–Crippen MR) is 96.0 cm³/mol. The van der Waals surface area contributed by atoms with Crippen molar-refractivity contribution in [3.63, 3.8) is 0 Å². The lowest BCUT2D eigenvalue weighted by atomic mass is 9.95. The van der Waals surface area contributed by atoms with E-state index in [0.29, 0.717) is 33.5 Å². The second-order valence-electron chi connectivity index (χ2n) is 5.95. The molecule has 0 aliphatic carbocycles. The van der Waals surface area contributed by atoms with Crippen LogP contribution in [0.25, 0.3) is 33.2 Å². The molecule has 0 spiro atoms. The first-order valence-corrected chi connectivity index (χ1v) is 7.79. The highest BCUT2D eigenvalue weighted by Gasteiger charge is 2.36. The van der Waals surface area contributed by atoms with E-state index in [1.54, 1.807) is 26.1 Å². The van der Waals surface area contributed by atoms with Crippen LogP contribution in [0.15, 0.2) is 41.2 Å². The zero-order valence-electron chi connectivity index (χ0n) is 13.8. The van der Waals surface area contributed by atoms with E-state index in [0.717, 1.165) is 11.8 Å². The minimum absolute atomic E-state index is 0. The molecule has 8 heteroatoms. The molecule has 1 aromatic carbocycles. The molecule has 3 heterocycles. The quantitative estimate of drug-likeness (QED) is 0.499. The summed E-state index contributed by atoms with van der Waals surface area (Å²) in [5.41, 5.74) is 2.07. The van der Waals surface area contributed by atoms with Crippen molar-refractivity contribution in [2.75, 3.05) is 0 Å². The van der Waals surface area contributed by atoms with Crippen LogP contribution in [0, 0.1) is 13.8 Å². The fourth-order valence-electron chi connectivity index (χ4n) is 3.16. The van der Waals surface area contributed by atoms with Crippen LogP contribution in [0.3, 0.4) is 0 Å². The zero-order chi connectivity index (χ0) is 18.5. The first-order chi connectivity index (χ1) is 12.4. The van der Waals surface area contributed by atoms with Crippen molar-refractivity contribution in [3.8, 4) is 22.3 Å². The summed E-state index contributed by atoms with van der Waals surface area (Å²) in [6, 6.07) is 6.41. The fourth-order valence-corrected chi connectivity index (χ4v) is 3.16. The number of hydrogen-bond donors (Lipinski definition) is 1. The van der Waals surface area contributed by atoms with Gasteiger partial charge in [0, 0.05) is 28.3 Å². The molecule has 5 nitrogen and oxygen atoms in total. The molecule has 4 aromatic rings. The van der Waals surface area contributed by atoms with Gasteiger partial charge in [0.2, 0.25) is 0 Å². The number of H-pyrrole nitrogens is 1. The van der Waals surface area contributed by atoms with Crippen molar-refractivity contribution < 1.29 is 17.7 Å². The number of benzene rings is 1. The summed E-state index contributed by atoms with van der Waals surface area (Å²) < 4.78 is 45.5. The second-order valence-corrected chi connectivity index (χ2v) is 5.95. The highest BCUT2D eigenvalue weighted by Crippen LogP contribution is 2.40. The Bertz CT molecular complexity index is 1090. The molecule has 0 bridgehead atoms. The molecule has 0 aliphatic heterocycles. The summed E-state index contributed by atoms with van der Waals surface area (Å²) in [7, 11) is 0. The SMILES string of the molecule is C.Cc1noc(C)c1-c1cc(-c2cccnc2C(F)(F)F)c2[nH]ncc2c1. The maximum atomic E-state index is 13.4. The van der Waals surface area contributed by atoms with Crippen LogP contribution >= 0.6 is 0 Å². The van der Waals surface area contributed by atoms with Gasteiger partial charge in [0.1, 0.15) is 5.76 Å². The molecule has 0 fully saturated rings. The van der Waals surface area contributed by atoms with Crippen LogP contribution in [0.5, 0.6) is 0 Å². The van der Waals surface area contributed by atoms with Crippen LogP contribution in [0.4, 0.5) is 13.2 Å². The maximum Gasteiger partial charge on any atom is 0.433 e. The highest BCUT2D eigenvalue weighted by molar-refractivity contribution is 5.98. The van der Waals surface area contributed by atoms with Crippen molar-refractivity contribution in [2.45, 2.75) is 27.5 Å². The van der Waals surface area contributed by atoms with Crippen LogP contribution in [0.1, 0.15) is 24.6 Å². The van der Waals surface area contributed by atoms with Gasteiger partial charge in [0.15, 0.2) is 5.69 Å². The minimum atomic E-state index is -4.57. The number of alkyl halides is 3. The zero-order valence-corrected chi connectivity index (χ0v) is 13.8. The number of fused-ring (bicyclic) bond motifs is 1. The number of rotatable bonds is 2. The molecule has 0 radical (unpaired) electrons. The third-order valence-electron chi connectivity index (χ3n) is 4.24. The first kappa shape index (κ1) is 18.6. The average Bonchev–Trinajstić information content (AvgIpc) is 3.19. The Balaban J connectivity index is 0.00000210. The molecular formula is C19H17F3N4O. The van der Waals surface area contributed by atoms with Gasteiger partial charge in [-0.15, -0.1) is 0 Å². The number of nitrogens with zero attached hydrogens (tertiary/aromatic N) is 3. The smallest absolute Gasteiger partial charge is 0.361 e. The Kier molecular flexibility index (Phi) is 4.51. The molecule has 0 aliphatic rings. The van der Waals surface area contributed by atoms with Gasteiger partial charge < -0.3 is 4.52 Å². The number of aromatic nitrogens is 4. The number of hydrogen-bond acceptors (Lipinski definition) is 4. The lowest BCUT2D eigenvalue weighted by Crippen LogP contribution is -2.09. The van der Waals surface area contributed by atoms with Crippen molar-refractivity contribution in [2.24, 2.45) is 0 Å². The number of halogens is 3. The lowest BCUT2D eigenvalue weighted by Gasteiger charge is -2.13. The van der Waals surface area contributed by atoms with Gasteiger partial charge in [-0.2, -0.15) is 18.3 Å². The Labute approximate surface area is 153 Å². The summed E-state index contributed by atoms with van der Waals surface area (Å²) in [5.74, 6) is 0.596. The molecule has 0 amide bonds. The molecule has 1 N–H and O–H groups in total. The molecule has 0 unspecified atom stereocenters. The fraction of sp³-hybridized carbons (Fsp3) is 0.211. The molecule has 0 saturated heterocycles. The average molecular weight is 374 g/mol. The van der Waals surface area contributed by atoms with Crippen LogP contribution in [-0.2, 0) is 6.18 Å². The number of aryl methyl sites for hydroxylation is 2. The molecule has 4 rings (SSSR count). The summed E-state index contributed by atoms with van der Waals surface area (Å²) in [5, 5.41) is 11.4. The third kappa shape index (κ3) is 3.07. The summed E-state index contributed by atoms with van der Waals surface area (Å²) in [4.78, 5) is 3.55. The van der Waals surface area contributed by atoms with E-state index in [-0.39, 0.29) is 13.0 Å². The molecule has 3 aromatic heterocycles. The van der Waals surface area contributed by atoms with E-state index >= 15 is 0 Å². The Morgan fingerprint density at radius 1 is 1.11 bits per heavy atom. The molecule has 27 heavy (non-hydrogen) atoms. The molecule has 0 atom stereocenters. The van der Waals surface area contributed by atoms with E-state index in [1.165, 1.54) is 12.1 Å². The molecular weight excluding hydrogens is 357 g/mol. The van der Waals surface area contributed by atoms with E-state index < -0.39 is 11.9 Å². The predicted octanol–water partition coefficient (Wildman–Crippen LogP) is 5.55. The summed E-state index contributed by atoms with van der Waals surface area (Å²) in [6.07, 6.45) is -1.86. The van der Waals surface area contributed by atoms with Crippen LogP contribution in [0.2, 0.25) is 0 Å².